The number of halogens is 1. The van der Waals surface area contributed by atoms with Gasteiger partial charge in [-0.15, -0.1) is 12.4 Å². The lowest BCUT2D eigenvalue weighted by molar-refractivity contribution is -0.383. The number of rotatable bonds is 6. The van der Waals surface area contributed by atoms with Gasteiger partial charge in [0.05, 0.1) is 4.92 Å². The first kappa shape index (κ1) is 23.6. The number of anilines is 1. The smallest absolute Gasteiger partial charge is 0.319 e. The predicted octanol–water partition coefficient (Wildman–Crippen LogP) is 5.00. The molecule has 2 aromatic carbocycles. The van der Waals surface area contributed by atoms with Crippen LogP contribution >= 0.6 is 12.4 Å². The highest BCUT2D eigenvalue weighted by Crippen LogP contribution is 2.37. The number of nitro benzene ring substituents is 1. The number of nitrogens with one attached hydrogen (secondary N) is 2. The van der Waals surface area contributed by atoms with E-state index < -0.39 is 11.0 Å². The lowest BCUT2D eigenvalue weighted by Crippen LogP contribution is -2.41. The summed E-state index contributed by atoms with van der Waals surface area (Å²) in [6.45, 7) is 0. The van der Waals surface area contributed by atoms with Gasteiger partial charge in [-0.1, -0.05) is 42.5 Å². The lowest BCUT2D eigenvalue weighted by Gasteiger charge is -2.37. The van der Waals surface area contributed by atoms with E-state index in [4.69, 9.17) is 0 Å². The Morgan fingerprint density at radius 1 is 1.03 bits per heavy atom. The zero-order valence-electron chi connectivity index (χ0n) is 17.3. The average molecular weight is 433 g/mol. The van der Waals surface area contributed by atoms with Gasteiger partial charge in [0.25, 0.3) is 5.69 Å². The molecule has 7 nitrogen and oxygen atoms in total. The number of benzene rings is 2. The highest BCUT2D eigenvalue weighted by Gasteiger charge is 2.30. The molecular formula is C22H29ClN4O3. The number of nitro groups is 1. The molecule has 3 rings (SSSR count). The van der Waals surface area contributed by atoms with Crippen LogP contribution < -0.4 is 10.6 Å². The molecule has 0 aromatic heterocycles. The van der Waals surface area contributed by atoms with E-state index in [0.717, 1.165) is 25.7 Å². The Balaban J connectivity index is 0.00000320. The quantitative estimate of drug-likeness (QED) is 0.496. The van der Waals surface area contributed by atoms with E-state index in [2.05, 4.69) is 53.9 Å². The summed E-state index contributed by atoms with van der Waals surface area (Å²) in [5, 5.41) is 16.7. The van der Waals surface area contributed by atoms with Gasteiger partial charge in [-0.05, 0) is 57.3 Å². The topological polar surface area (TPSA) is 87.5 Å². The molecule has 1 atom stereocenters. The van der Waals surface area contributed by atoms with Gasteiger partial charge in [0, 0.05) is 18.2 Å². The van der Waals surface area contributed by atoms with Crippen molar-refractivity contribution in [3.05, 3.63) is 70.3 Å². The number of hydrogen-bond donors (Lipinski definition) is 2. The maximum Gasteiger partial charge on any atom is 0.319 e. The van der Waals surface area contributed by atoms with Gasteiger partial charge < -0.3 is 15.5 Å². The predicted molar refractivity (Wildman–Crippen MR) is 121 cm³/mol. The molecule has 0 heterocycles. The zero-order valence-corrected chi connectivity index (χ0v) is 18.1. The molecule has 0 radical (unpaired) electrons. The molecule has 2 N–H and O–H groups in total. The highest BCUT2D eigenvalue weighted by molar-refractivity contribution is 5.91. The first-order chi connectivity index (χ1) is 14.0. The van der Waals surface area contributed by atoms with Crippen LogP contribution in [0.2, 0.25) is 0 Å². The molecule has 8 heteroatoms. The largest absolute Gasteiger partial charge is 0.335 e. The van der Waals surface area contributed by atoms with Crippen molar-refractivity contribution in [2.75, 3.05) is 19.4 Å². The van der Waals surface area contributed by atoms with Crippen molar-refractivity contribution >= 4 is 29.8 Å². The van der Waals surface area contributed by atoms with Gasteiger partial charge in [0.2, 0.25) is 0 Å². The molecule has 0 saturated heterocycles. The van der Waals surface area contributed by atoms with Gasteiger partial charge in [-0.25, -0.2) is 4.79 Å². The molecule has 0 aliphatic heterocycles. The maximum absolute atomic E-state index is 12.3. The number of amides is 2. The van der Waals surface area contributed by atoms with Crippen LogP contribution in [-0.4, -0.2) is 36.0 Å². The van der Waals surface area contributed by atoms with E-state index in [0.29, 0.717) is 12.0 Å². The normalized spacial score (nSPS) is 19.4. The van der Waals surface area contributed by atoms with Crippen molar-refractivity contribution in [3.63, 3.8) is 0 Å². The Bertz CT molecular complexity index is 839. The van der Waals surface area contributed by atoms with Crippen molar-refractivity contribution in [3.8, 4) is 0 Å². The zero-order chi connectivity index (χ0) is 20.8. The SMILES string of the molecule is CN(C)C(c1ccccc1)C1CCC(NC(=O)Nc2ccccc2[N+](=O)[O-])CC1.Cl. The van der Waals surface area contributed by atoms with Gasteiger partial charge >= 0.3 is 6.03 Å². The minimum absolute atomic E-state index is 0. The van der Waals surface area contributed by atoms with Crippen LogP contribution in [0.3, 0.4) is 0 Å². The van der Waals surface area contributed by atoms with Crippen LogP contribution in [0.5, 0.6) is 0 Å². The van der Waals surface area contributed by atoms with E-state index in [1.54, 1.807) is 12.1 Å². The molecule has 2 aromatic rings. The Labute approximate surface area is 183 Å². The Morgan fingerprint density at radius 3 is 2.23 bits per heavy atom. The van der Waals surface area contributed by atoms with Crippen LogP contribution in [0.4, 0.5) is 16.2 Å². The summed E-state index contributed by atoms with van der Waals surface area (Å²) >= 11 is 0. The summed E-state index contributed by atoms with van der Waals surface area (Å²) in [4.78, 5) is 25.2. The number of carbonyl (C=O) groups excluding carboxylic acids is 1. The van der Waals surface area contributed by atoms with Crippen molar-refractivity contribution < 1.29 is 9.72 Å². The highest BCUT2D eigenvalue weighted by atomic mass is 35.5. The summed E-state index contributed by atoms with van der Waals surface area (Å²) in [5.74, 6) is 0.531. The summed E-state index contributed by atoms with van der Waals surface area (Å²) in [5.41, 5.74) is 1.42. The number of carbonyl (C=O) groups is 1. The fraction of sp³-hybridized carbons (Fsp3) is 0.409. The third-order valence-corrected chi connectivity index (χ3v) is 5.60. The lowest BCUT2D eigenvalue weighted by atomic mass is 9.79. The second kappa shape index (κ2) is 10.9. The number of para-hydroxylation sites is 2. The molecule has 1 unspecified atom stereocenters. The van der Waals surface area contributed by atoms with E-state index in [-0.39, 0.29) is 29.8 Å². The first-order valence-electron chi connectivity index (χ1n) is 9.98. The molecule has 1 saturated carbocycles. The molecule has 1 aliphatic rings. The van der Waals surface area contributed by atoms with Crippen LogP contribution in [0.1, 0.15) is 37.3 Å². The molecular weight excluding hydrogens is 404 g/mol. The van der Waals surface area contributed by atoms with Gasteiger partial charge in [-0.2, -0.15) is 0 Å². The van der Waals surface area contributed by atoms with E-state index >= 15 is 0 Å². The van der Waals surface area contributed by atoms with E-state index in [9.17, 15) is 14.9 Å². The fourth-order valence-electron chi connectivity index (χ4n) is 4.30. The van der Waals surface area contributed by atoms with Crippen LogP contribution in [0.15, 0.2) is 54.6 Å². The van der Waals surface area contributed by atoms with Crippen LogP contribution in [-0.2, 0) is 0 Å². The minimum Gasteiger partial charge on any atom is -0.335 e. The fourth-order valence-corrected chi connectivity index (χ4v) is 4.30. The summed E-state index contributed by atoms with van der Waals surface area (Å²) in [6, 6.07) is 16.7. The van der Waals surface area contributed by atoms with E-state index in [1.807, 2.05) is 6.07 Å². The molecule has 1 aliphatic carbocycles. The molecule has 0 spiro atoms. The standard InChI is InChI=1S/C22H28N4O3.ClH/c1-25(2)21(16-8-4-3-5-9-16)17-12-14-18(15-13-17)23-22(27)24-19-10-6-7-11-20(19)26(28)29;/h3-11,17-18,21H,12-15H2,1-2H3,(H2,23,24,27);1H. The van der Waals surface area contributed by atoms with Crippen molar-refractivity contribution in [2.24, 2.45) is 5.92 Å². The third kappa shape index (κ3) is 5.93. The Morgan fingerprint density at radius 2 is 1.63 bits per heavy atom. The third-order valence-electron chi connectivity index (χ3n) is 5.60. The van der Waals surface area contributed by atoms with Crippen molar-refractivity contribution in [2.45, 2.75) is 37.8 Å². The van der Waals surface area contributed by atoms with E-state index in [1.165, 1.54) is 17.7 Å². The van der Waals surface area contributed by atoms with Gasteiger partial charge in [0.1, 0.15) is 5.69 Å². The average Bonchev–Trinajstić information content (AvgIpc) is 2.70. The Hall–Kier alpha value is -2.64. The van der Waals surface area contributed by atoms with Crippen molar-refractivity contribution in [1.29, 1.82) is 0 Å². The summed E-state index contributed by atoms with van der Waals surface area (Å²) in [6.07, 6.45) is 3.83. The van der Waals surface area contributed by atoms with Crippen molar-refractivity contribution in [1.82, 2.24) is 10.2 Å². The molecule has 0 bridgehead atoms. The molecule has 1 fully saturated rings. The monoisotopic (exact) mass is 432 g/mol. The molecule has 2 amide bonds. The number of nitrogens with zero attached hydrogens (tertiary/aromatic N) is 2. The van der Waals surface area contributed by atoms with Gasteiger partial charge in [0.15, 0.2) is 0 Å². The first-order valence-corrected chi connectivity index (χ1v) is 9.98. The van der Waals surface area contributed by atoms with Gasteiger partial charge in [-0.3, -0.25) is 10.1 Å². The van der Waals surface area contributed by atoms with Crippen LogP contribution in [0.25, 0.3) is 0 Å². The second-order valence-electron chi connectivity index (χ2n) is 7.80. The molecule has 162 valence electrons. The Kier molecular flexibility index (Phi) is 8.62. The number of hydrogen-bond acceptors (Lipinski definition) is 4. The minimum atomic E-state index is -0.494. The molecule has 30 heavy (non-hydrogen) atoms. The second-order valence-corrected chi connectivity index (χ2v) is 7.80. The van der Waals surface area contributed by atoms with Crippen LogP contribution in [0, 0.1) is 16.0 Å². The summed E-state index contributed by atoms with van der Waals surface area (Å²) < 4.78 is 0. The number of urea groups is 1. The maximum atomic E-state index is 12.3. The summed E-state index contributed by atoms with van der Waals surface area (Å²) in [7, 11) is 4.23.